The summed E-state index contributed by atoms with van der Waals surface area (Å²) in [5.41, 5.74) is 1.02. The van der Waals surface area contributed by atoms with Crippen LogP contribution in [0.1, 0.15) is 67.8 Å². The summed E-state index contributed by atoms with van der Waals surface area (Å²) in [7, 11) is -3.92. The van der Waals surface area contributed by atoms with Gasteiger partial charge in [0.2, 0.25) is 11.8 Å². The predicted octanol–water partition coefficient (Wildman–Crippen LogP) is 4.24. The van der Waals surface area contributed by atoms with Crippen LogP contribution in [-0.4, -0.2) is 54.0 Å². The van der Waals surface area contributed by atoms with E-state index in [1.807, 2.05) is 24.3 Å². The highest BCUT2D eigenvalue weighted by molar-refractivity contribution is 9.10. The first-order valence-corrected chi connectivity index (χ1v) is 14.9. The average molecular weight is 591 g/mol. The lowest BCUT2D eigenvalue weighted by Crippen LogP contribution is -2.50. The average Bonchev–Trinajstić information content (AvgIpc) is 3.08. The molecule has 0 bridgehead atoms. The lowest BCUT2D eigenvalue weighted by molar-refractivity contribution is -0.141. The molecule has 1 fully saturated rings. The smallest absolute Gasteiger partial charge is 0.269 e. The molecule has 4 rings (SSSR count). The van der Waals surface area contributed by atoms with Gasteiger partial charge in [-0.2, -0.15) is 0 Å². The maximum Gasteiger partial charge on any atom is 0.269 e. The third-order valence-corrected chi connectivity index (χ3v) is 9.36. The number of sulfonamides is 1. The van der Waals surface area contributed by atoms with Crippen LogP contribution in [0.25, 0.3) is 0 Å². The summed E-state index contributed by atoms with van der Waals surface area (Å²) in [6.07, 6.45) is 5.39. The van der Waals surface area contributed by atoms with Gasteiger partial charge in [-0.05, 0) is 56.0 Å². The number of halogens is 1. The van der Waals surface area contributed by atoms with E-state index < -0.39 is 22.0 Å². The monoisotopic (exact) mass is 589 g/mol. The fourth-order valence-corrected chi connectivity index (χ4v) is 7.01. The molecule has 3 amide bonds. The molecule has 2 aromatic rings. The van der Waals surface area contributed by atoms with Gasteiger partial charge in [0.05, 0.1) is 5.56 Å². The molecule has 8 nitrogen and oxygen atoms in total. The molecule has 1 aliphatic heterocycles. The molecule has 198 valence electrons. The summed E-state index contributed by atoms with van der Waals surface area (Å²) in [4.78, 5) is 40.7. The maximum absolute atomic E-state index is 13.4. The number of nitrogens with zero attached hydrogens (tertiary/aromatic N) is 2. The Morgan fingerprint density at radius 1 is 1.11 bits per heavy atom. The Labute approximate surface area is 226 Å². The SMILES string of the molecule is C[C@H](C(=O)NC1CCCCC1)N(Cc1cccc(Br)c1)C(=O)CCCN1C(=O)c2ccccc2S1(=O)=O. The second-order valence-electron chi connectivity index (χ2n) is 9.65. The molecular formula is C27H32BrN3O5S. The van der Waals surface area contributed by atoms with E-state index in [9.17, 15) is 22.8 Å². The van der Waals surface area contributed by atoms with Crippen LogP contribution in [0.4, 0.5) is 0 Å². The van der Waals surface area contributed by atoms with E-state index in [-0.39, 0.29) is 54.2 Å². The lowest BCUT2D eigenvalue weighted by atomic mass is 9.95. The number of carbonyl (C=O) groups excluding carboxylic acids is 3. The number of fused-ring (bicyclic) bond motifs is 1. The van der Waals surface area contributed by atoms with E-state index in [4.69, 9.17) is 0 Å². The summed E-state index contributed by atoms with van der Waals surface area (Å²) < 4.78 is 27.3. The van der Waals surface area contributed by atoms with E-state index in [0.717, 1.165) is 40.0 Å². The number of benzene rings is 2. The molecule has 2 aliphatic rings. The van der Waals surface area contributed by atoms with E-state index in [0.29, 0.717) is 0 Å². The van der Waals surface area contributed by atoms with Crippen LogP contribution >= 0.6 is 15.9 Å². The Morgan fingerprint density at radius 3 is 2.54 bits per heavy atom. The Hall–Kier alpha value is -2.72. The molecule has 1 N–H and O–H groups in total. The van der Waals surface area contributed by atoms with Crippen molar-refractivity contribution >= 4 is 43.7 Å². The molecular weight excluding hydrogens is 558 g/mol. The largest absolute Gasteiger partial charge is 0.352 e. The first-order valence-electron chi connectivity index (χ1n) is 12.7. The van der Waals surface area contributed by atoms with Crippen LogP contribution < -0.4 is 5.32 Å². The van der Waals surface area contributed by atoms with Crippen molar-refractivity contribution in [2.24, 2.45) is 0 Å². The van der Waals surface area contributed by atoms with Crippen LogP contribution in [0.5, 0.6) is 0 Å². The molecule has 1 saturated carbocycles. The van der Waals surface area contributed by atoms with Gasteiger partial charge in [-0.25, -0.2) is 12.7 Å². The third-order valence-electron chi connectivity index (χ3n) is 7.02. The summed E-state index contributed by atoms with van der Waals surface area (Å²) in [6.45, 7) is 1.86. The molecule has 0 saturated heterocycles. The van der Waals surface area contributed by atoms with E-state index >= 15 is 0 Å². The Kier molecular flexibility index (Phi) is 8.69. The summed E-state index contributed by atoms with van der Waals surface area (Å²) >= 11 is 3.45. The van der Waals surface area contributed by atoms with Crippen LogP contribution in [0, 0.1) is 0 Å². The lowest BCUT2D eigenvalue weighted by Gasteiger charge is -2.31. The molecule has 10 heteroatoms. The third kappa shape index (κ3) is 6.23. The highest BCUT2D eigenvalue weighted by Crippen LogP contribution is 2.30. The second kappa shape index (κ2) is 11.8. The van der Waals surface area contributed by atoms with E-state index in [2.05, 4.69) is 21.2 Å². The molecule has 0 aromatic heterocycles. The Balaban J connectivity index is 1.43. The van der Waals surface area contributed by atoms with Gasteiger partial charge in [0, 0.05) is 30.0 Å². The maximum atomic E-state index is 13.4. The predicted molar refractivity (Wildman–Crippen MR) is 143 cm³/mol. The zero-order valence-corrected chi connectivity index (χ0v) is 23.3. The standard InChI is InChI=1S/C27H32BrN3O5S/c1-19(26(33)29-22-11-3-2-4-12-22)30(18-20-9-7-10-21(28)17-20)25(32)15-8-16-31-27(34)23-13-5-6-14-24(23)37(31,35)36/h5-7,9-10,13-14,17,19,22H,2-4,8,11-12,15-16,18H2,1H3,(H,29,33)/t19-/m1/s1. The molecule has 1 aliphatic carbocycles. The quantitative estimate of drug-likeness (QED) is 0.471. The summed E-state index contributed by atoms with van der Waals surface area (Å²) in [5, 5.41) is 3.10. The zero-order chi connectivity index (χ0) is 26.6. The molecule has 1 atom stereocenters. The van der Waals surface area contributed by atoms with Crippen molar-refractivity contribution in [2.75, 3.05) is 6.54 Å². The van der Waals surface area contributed by atoms with Gasteiger partial charge in [0.25, 0.3) is 15.9 Å². The van der Waals surface area contributed by atoms with Gasteiger partial charge in [0.15, 0.2) is 0 Å². The van der Waals surface area contributed by atoms with Crippen LogP contribution in [-0.2, 0) is 26.2 Å². The second-order valence-corrected chi connectivity index (χ2v) is 12.4. The highest BCUT2D eigenvalue weighted by atomic mass is 79.9. The van der Waals surface area contributed by atoms with Gasteiger partial charge >= 0.3 is 0 Å². The Bertz CT molecular complexity index is 1280. The Morgan fingerprint density at radius 2 is 1.84 bits per heavy atom. The molecule has 1 heterocycles. The first-order chi connectivity index (χ1) is 17.7. The van der Waals surface area contributed by atoms with Crippen LogP contribution in [0.2, 0.25) is 0 Å². The van der Waals surface area contributed by atoms with Crippen LogP contribution in [0.15, 0.2) is 57.9 Å². The minimum atomic E-state index is -3.92. The van der Waals surface area contributed by atoms with Crippen molar-refractivity contribution in [3.05, 3.63) is 64.1 Å². The van der Waals surface area contributed by atoms with Crippen molar-refractivity contribution in [2.45, 2.75) is 75.4 Å². The first kappa shape index (κ1) is 27.3. The number of hydrogen-bond donors (Lipinski definition) is 1. The van der Waals surface area contributed by atoms with E-state index in [1.165, 1.54) is 23.5 Å². The van der Waals surface area contributed by atoms with Crippen molar-refractivity contribution < 1.29 is 22.8 Å². The van der Waals surface area contributed by atoms with Gasteiger partial charge in [0.1, 0.15) is 10.9 Å². The van der Waals surface area contributed by atoms with Gasteiger partial charge < -0.3 is 10.2 Å². The number of amides is 3. The zero-order valence-electron chi connectivity index (χ0n) is 20.9. The van der Waals surface area contributed by atoms with Gasteiger partial charge in [-0.3, -0.25) is 14.4 Å². The van der Waals surface area contributed by atoms with Crippen molar-refractivity contribution in [1.82, 2.24) is 14.5 Å². The highest BCUT2D eigenvalue weighted by Gasteiger charge is 2.40. The van der Waals surface area contributed by atoms with Crippen molar-refractivity contribution in [1.29, 1.82) is 0 Å². The van der Waals surface area contributed by atoms with E-state index in [1.54, 1.807) is 19.1 Å². The topological polar surface area (TPSA) is 104 Å². The number of hydrogen-bond acceptors (Lipinski definition) is 5. The minimum absolute atomic E-state index is 0.00406. The number of rotatable bonds is 9. The molecule has 0 spiro atoms. The summed E-state index contributed by atoms with van der Waals surface area (Å²) in [5.74, 6) is -1.04. The normalized spacial score (nSPS) is 17.8. The number of carbonyl (C=O) groups is 3. The van der Waals surface area contributed by atoms with Crippen LogP contribution in [0.3, 0.4) is 0 Å². The molecule has 0 unspecified atom stereocenters. The van der Waals surface area contributed by atoms with Gasteiger partial charge in [-0.15, -0.1) is 0 Å². The van der Waals surface area contributed by atoms with Crippen molar-refractivity contribution in [3.63, 3.8) is 0 Å². The van der Waals surface area contributed by atoms with Gasteiger partial charge in [-0.1, -0.05) is 59.5 Å². The fraction of sp³-hybridized carbons (Fsp3) is 0.444. The number of nitrogens with one attached hydrogen (secondary N) is 1. The molecule has 37 heavy (non-hydrogen) atoms. The molecule has 2 aromatic carbocycles. The summed E-state index contributed by atoms with van der Waals surface area (Å²) in [6, 6.07) is 13.1. The fourth-order valence-electron chi connectivity index (χ4n) is 4.95. The minimum Gasteiger partial charge on any atom is -0.352 e. The van der Waals surface area contributed by atoms with Crippen molar-refractivity contribution in [3.8, 4) is 0 Å². The molecule has 0 radical (unpaired) electrons.